The molecule has 1 aromatic heterocycles. The van der Waals surface area contributed by atoms with E-state index in [4.69, 9.17) is 9.47 Å². The van der Waals surface area contributed by atoms with E-state index in [9.17, 15) is 4.79 Å². The Bertz CT molecular complexity index is 726. The molecule has 0 aliphatic carbocycles. The molecule has 2 aliphatic heterocycles. The van der Waals surface area contributed by atoms with E-state index in [1.54, 1.807) is 6.20 Å². The highest BCUT2D eigenvalue weighted by Gasteiger charge is 2.21. The van der Waals surface area contributed by atoms with E-state index in [-0.39, 0.29) is 12.7 Å². The summed E-state index contributed by atoms with van der Waals surface area (Å²) in [6.07, 6.45) is 5.29. The van der Waals surface area contributed by atoms with E-state index in [1.807, 2.05) is 23.1 Å². The van der Waals surface area contributed by atoms with Crippen LogP contribution in [0.5, 0.6) is 11.5 Å². The van der Waals surface area contributed by atoms with Crippen LogP contribution in [-0.2, 0) is 0 Å². The highest BCUT2D eigenvalue weighted by Crippen LogP contribution is 2.35. The molecular formula is C16H15N3O3. The van der Waals surface area contributed by atoms with Crippen LogP contribution in [0.2, 0.25) is 0 Å². The Morgan fingerprint density at radius 1 is 1.09 bits per heavy atom. The molecule has 0 atom stereocenters. The average Bonchev–Trinajstić information content (AvgIpc) is 3.25. The summed E-state index contributed by atoms with van der Waals surface area (Å²) in [6, 6.07) is 5.59. The van der Waals surface area contributed by atoms with Gasteiger partial charge in [-0.3, -0.25) is 9.78 Å². The van der Waals surface area contributed by atoms with Gasteiger partial charge in [-0.25, -0.2) is 4.98 Å². The molecule has 2 aliphatic rings. The van der Waals surface area contributed by atoms with Gasteiger partial charge in [-0.1, -0.05) is 0 Å². The molecule has 0 unspecified atom stereocenters. The van der Waals surface area contributed by atoms with Crippen molar-refractivity contribution in [3.05, 3.63) is 36.3 Å². The fourth-order valence-corrected chi connectivity index (χ4v) is 2.75. The van der Waals surface area contributed by atoms with Crippen LogP contribution in [-0.4, -0.2) is 40.7 Å². The number of carbonyl (C=O) groups excluding carboxylic acids is 1. The van der Waals surface area contributed by atoms with E-state index >= 15 is 0 Å². The summed E-state index contributed by atoms with van der Waals surface area (Å²) in [5.41, 5.74) is 1.90. The summed E-state index contributed by atoms with van der Waals surface area (Å²) in [6.45, 7) is 1.83. The lowest BCUT2D eigenvalue weighted by atomic mass is 10.1. The van der Waals surface area contributed by atoms with Gasteiger partial charge in [-0.2, -0.15) is 0 Å². The minimum atomic E-state index is -0.0485. The smallest absolute Gasteiger partial charge is 0.274 e. The highest BCUT2D eigenvalue weighted by molar-refractivity contribution is 5.92. The molecule has 0 bridgehead atoms. The quantitative estimate of drug-likeness (QED) is 0.849. The van der Waals surface area contributed by atoms with Crippen molar-refractivity contribution in [2.24, 2.45) is 0 Å². The summed E-state index contributed by atoms with van der Waals surface area (Å²) >= 11 is 0. The Labute approximate surface area is 127 Å². The fourth-order valence-electron chi connectivity index (χ4n) is 2.75. The summed E-state index contributed by atoms with van der Waals surface area (Å²) in [5, 5.41) is 0. The molecule has 1 aromatic carbocycles. The average molecular weight is 297 g/mol. The Balaban J connectivity index is 1.65. The number of benzene rings is 1. The minimum absolute atomic E-state index is 0.0485. The van der Waals surface area contributed by atoms with Crippen molar-refractivity contribution in [2.45, 2.75) is 12.8 Å². The second-order valence-electron chi connectivity index (χ2n) is 5.36. The first-order valence-electron chi connectivity index (χ1n) is 7.32. The number of rotatable bonds is 2. The molecule has 1 saturated heterocycles. The maximum absolute atomic E-state index is 12.4. The standard InChI is InChI=1S/C16H15N3O3/c20-16(19-5-1-2-6-19)13-9-17-8-12(18-13)11-3-4-14-15(7-11)22-10-21-14/h3-4,7-9H,1-2,5-6,10H2. The third-order valence-electron chi connectivity index (χ3n) is 3.92. The summed E-state index contributed by atoms with van der Waals surface area (Å²) in [7, 11) is 0. The first-order valence-corrected chi connectivity index (χ1v) is 7.32. The number of carbonyl (C=O) groups is 1. The van der Waals surface area contributed by atoms with Crippen molar-refractivity contribution in [1.82, 2.24) is 14.9 Å². The first kappa shape index (κ1) is 13.1. The van der Waals surface area contributed by atoms with Crippen LogP contribution in [0.25, 0.3) is 11.3 Å². The zero-order valence-corrected chi connectivity index (χ0v) is 12.0. The molecule has 0 N–H and O–H groups in total. The number of nitrogens with zero attached hydrogens (tertiary/aromatic N) is 3. The highest BCUT2D eigenvalue weighted by atomic mass is 16.7. The van der Waals surface area contributed by atoms with E-state index in [1.165, 1.54) is 6.20 Å². The zero-order valence-electron chi connectivity index (χ0n) is 12.0. The number of aromatic nitrogens is 2. The second-order valence-corrected chi connectivity index (χ2v) is 5.36. The van der Waals surface area contributed by atoms with Crippen LogP contribution < -0.4 is 9.47 Å². The van der Waals surface area contributed by atoms with Gasteiger partial charge >= 0.3 is 0 Å². The molecular weight excluding hydrogens is 282 g/mol. The number of hydrogen-bond donors (Lipinski definition) is 0. The summed E-state index contributed by atoms with van der Waals surface area (Å²) in [4.78, 5) is 22.9. The molecule has 22 heavy (non-hydrogen) atoms. The number of likely N-dealkylation sites (tertiary alicyclic amines) is 1. The predicted octanol–water partition coefficient (Wildman–Crippen LogP) is 2.11. The van der Waals surface area contributed by atoms with Crippen LogP contribution >= 0.6 is 0 Å². The van der Waals surface area contributed by atoms with Gasteiger partial charge < -0.3 is 14.4 Å². The monoisotopic (exact) mass is 297 g/mol. The van der Waals surface area contributed by atoms with Crippen LogP contribution in [0.1, 0.15) is 23.3 Å². The lowest BCUT2D eigenvalue weighted by molar-refractivity contribution is 0.0786. The van der Waals surface area contributed by atoms with Crippen molar-refractivity contribution in [2.75, 3.05) is 19.9 Å². The van der Waals surface area contributed by atoms with Gasteiger partial charge in [-0.15, -0.1) is 0 Å². The molecule has 0 saturated carbocycles. The molecule has 0 radical (unpaired) electrons. The molecule has 1 amide bonds. The fraction of sp³-hybridized carbons (Fsp3) is 0.312. The summed E-state index contributed by atoms with van der Waals surface area (Å²) < 4.78 is 10.7. The van der Waals surface area contributed by atoms with E-state index in [0.29, 0.717) is 17.1 Å². The predicted molar refractivity (Wildman–Crippen MR) is 78.7 cm³/mol. The van der Waals surface area contributed by atoms with Crippen LogP contribution in [0.4, 0.5) is 0 Å². The molecule has 1 fully saturated rings. The zero-order chi connectivity index (χ0) is 14.9. The molecule has 0 spiro atoms. The number of ether oxygens (including phenoxy) is 2. The van der Waals surface area contributed by atoms with Gasteiger partial charge in [0.2, 0.25) is 6.79 Å². The second kappa shape index (κ2) is 5.29. The topological polar surface area (TPSA) is 64.5 Å². The largest absolute Gasteiger partial charge is 0.454 e. The lowest BCUT2D eigenvalue weighted by Crippen LogP contribution is -2.28. The van der Waals surface area contributed by atoms with Gasteiger partial charge in [-0.05, 0) is 31.0 Å². The van der Waals surface area contributed by atoms with Crippen LogP contribution in [0.15, 0.2) is 30.6 Å². The van der Waals surface area contributed by atoms with Crippen molar-refractivity contribution in [1.29, 1.82) is 0 Å². The minimum Gasteiger partial charge on any atom is -0.454 e. The molecule has 3 heterocycles. The van der Waals surface area contributed by atoms with Crippen molar-refractivity contribution >= 4 is 5.91 Å². The number of hydrogen-bond acceptors (Lipinski definition) is 5. The third kappa shape index (κ3) is 2.26. The molecule has 2 aromatic rings. The lowest BCUT2D eigenvalue weighted by Gasteiger charge is -2.14. The first-order chi connectivity index (χ1) is 10.8. The van der Waals surface area contributed by atoms with Crippen molar-refractivity contribution in [3.8, 4) is 22.8 Å². The molecule has 112 valence electrons. The van der Waals surface area contributed by atoms with Gasteiger partial charge in [0.05, 0.1) is 18.1 Å². The Morgan fingerprint density at radius 3 is 2.77 bits per heavy atom. The van der Waals surface area contributed by atoms with E-state index in [2.05, 4.69) is 9.97 Å². The van der Waals surface area contributed by atoms with E-state index < -0.39 is 0 Å². The number of amides is 1. The summed E-state index contributed by atoms with van der Waals surface area (Å²) in [5.74, 6) is 1.36. The molecule has 6 nitrogen and oxygen atoms in total. The van der Waals surface area contributed by atoms with Gasteiger partial charge in [0.15, 0.2) is 11.5 Å². The van der Waals surface area contributed by atoms with Gasteiger partial charge in [0.1, 0.15) is 5.69 Å². The maximum Gasteiger partial charge on any atom is 0.274 e. The SMILES string of the molecule is O=C(c1cncc(-c2ccc3c(c2)OCO3)n1)N1CCCC1. The van der Waals surface area contributed by atoms with Gasteiger partial charge in [0.25, 0.3) is 5.91 Å². The van der Waals surface area contributed by atoms with Crippen LogP contribution in [0, 0.1) is 0 Å². The normalized spacial score (nSPS) is 16.1. The Morgan fingerprint density at radius 2 is 1.91 bits per heavy atom. The van der Waals surface area contributed by atoms with Gasteiger partial charge in [0, 0.05) is 18.7 Å². The molecule has 6 heteroatoms. The maximum atomic E-state index is 12.4. The third-order valence-corrected chi connectivity index (χ3v) is 3.92. The van der Waals surface area contributed by atoms with Crippen molar-refractivity contribution in [3.63, 3.8) is 0 Å². The van der Waals surface area contributed by atoms with Crippen molar-refractivity contribution < 1.29 is 14.3 Å². The molecule has 4 rings (SSSR count). The van der Waals surface area contributed by atoms with Crippen LogP contribution in [0.3, 0.4) is 0 Å². The Hall–Kier alpha value is -2.63. The Kier molecular flexibility index (Phi) is 3.14. The number of fused-ring (bicyclic) bond motifs is 1. The van der Waals surface area contributed by atoms with E-state index in [0.717, 1.165) is 37.2 Å².